The summed E-state index contributed by atoms with van der Waals surface area (Å²) in [5, 5.41) is 3.70. The summed E-state index contributed by atoms with van der Waals surface area (Å²) < 4.78 is 5.61. The number of aryl methyl sites for hydroxylation is 1. The Hall–Kier alpha value is -1.06. The van der Waals surface area contributed by atoms with Crippen LogP contribution in [-0.2, 0) is 11.2 Å². The van der Waals surface area contributed by atoms with Crippen molar-refractivity contribution in [1.82, 2.24) is 5.32 Å². The summed E-state index contributed by atoms with van der Waals surface area (Å²) in [6.07, 6.45) is 5.04. The molecule has 2 aliphatic heterocycles. The highest BCUT2D eigenvalue weighted by atomic mass is 16.5. The SMILES string of the molecule is CCNC(CN1CCCCc2ccccc21)C1CCOC1. The largest absolute Gasteiger partial charge is 0.381 e. The summed E-state index contributed by atoms with van der Waals surface area (Å²) in [7, 11) is 0. The van der Waals surface area contributed by atoms with Crippen molar-refractivity contribution in [3.8, 4) is 0 Å². The predicted molar refractivity (Wildman–Crippen MR) is 88.0 cm³/mol. The normalized spacial score (nSPS) is 23.7. The lowest BCUT2D eigenvalue weighted by Crippen LogP contribution is -2.46. The standard InChI is InChI=1S/C18H28N2O/c1-2-19-17(16-10-12-21-14-16)13-20-11-6-5-8-15-7-3-4-9-18(15)20/h3-4,7,9,16-17,19H,2,5-6,8,10-14H2,1H3. The Morgan fingerprint density at radius 3 is 3.05 bits per heavy atom. The van der Waals surface area contributed by atoms with E-state index in [-0.39, 0.29) is 0 Å². The fourth-order valence-electron chi connectivity index (χ4n) is 3.71. The van der Waals surface area contributed by atoms with Gasteiger partial charge in [0.2, 0.25) is 0 Å². The molecule has 0 radical (unpaired) electrons. The van der Waals surface area contributed by atoms with Crippen molar-refractivity contribution in [2.75, 3.05) is 37.7 Å². The Bertz CT molecular complexity index is 443. The first-order valence-corrected chi connectivity index (χ1v) is 8.52. The molecule has 3 nitrogen and oxygen atoms in total. The molecule has 0 spiro atoms. The monoisotopic (exact) mass is 288 g/mol. The number of ether oxygens (including phenoxy) is 1. The summed E-state index contributed by atoms with van der Waals surface area (Å²) in [5.41, 5.74) is 2.98. The molecule has 1 fully saturated rings. The number of para-hydroxylation sites is 1. The van der Waals surface area contributed by atoms with Crippen LogP contribution in [-0.4, -0.2) is 38.9 Å². The number of hydrogen-bond donors (Lipinski definition) is 1. The van der Waals surface area contributed by atoms with Crippen molar-refractivity contribution in [2.45, 2.75) is 38.6 Å². The Kier molecular flexibility index (Phi) is 5.15. The maximum absolute atomic E-state index is 5.61. The molecule has 0 aromatic heterocycles. The van der Waals surface area contributed by atoms with E-state index in [0.717, 1.165) is 26.3 Å². The first-order chi connectivity index (χ1) is 10.4. The molecule has 116 valence electrons. The minimum atomic E-state index is 0.545. The van der Waals surface area contributed by atoms with Crippen molar-refractivity contribution >= 4 is 5.69 Å². The predicted octanol–water partition coefficient (Wildman–Crippen LogP) is 2.84. The minimum Gasteiger partial charge on any atom is -0.381 e. The lowest BCUT2D eigenvalue weighted by Gasteiger charge is -2.32. The molecule has 0 saturated carbocycles. The zero-order valence-corrected chi connectivity index (χ0v) is 13.2. The second-order valence-corrected chi connectivity index (χ2v) is 6.32. The van der Waals surface area contributed by atoms with Crippen molar-refractivity contribution in [3.63, 3.8) is 0 Å². The molecule has 21 heavy (non-hydrogen) atoms. The number of nitrogens with zero attached hydrogens (tertiary/aromatic N) is 1. The molecule has 1 N–H and O–H groups in total. The van der Waals surface area contributed by atoms with E-state index in [1.807, 2.05) is 0 Å². The molecule has 3 rings (SSSR count). The summed E-state index contributed by atoms with van der Waals surface area (Å²) in [4.78, 5) is 2.61. The van der Waals surface area contributed by atoms with Gasteiger partial charge in [-0.2, -0.15) is 0 Å². The fourth-order valence-corrected chi connectivity index (χ4v) is 3.71. The van der Waals surface area contributed by atoms with Crippen LogP contribution in [0, 0.1) is 5.92 Å². The van der Waals surface area contributed by atoms with Gasteiger partial charge in [-0.3, -0.25) is 0 Å². The Morgan fingerprint density at radius 1 is 1.33 bits per heavy atom. The van der Waals surface area contributed by atoms with E-state index in [0.29, 0.717) is 12.0 Å². The smallest absolute Gasteiger partial charge is 0.0510 e. The van der Waals surface area contributed by atoms with Crippen LogP contribution in [0.25, 0.3) is 0 Å². The van der Waals surface area contributed by atoms with Crippen LogP contribution in [0.5, 0.6) is 0 Å². The molecule has 0 bridgehead atoms. The molecule has 2 heterocycles. The number of hydrogen-bond acceptors (Lipinski definition) is 3. The van der Waals surface area contributed by atoms with E-state index in [4.69, 9.17) is 4.74 Å². The van der Waals surface area contributed by atoms with Crippen LogP contribution < -0.4 is 10.2 Å². The van der Waals surface area contributed by atoms with Crippen molar-refractivity contribution in [2.24, 2.45) is 5.92 Å². The van der Waals surface area contributed by atoms with Crippen molar-refractivity contribution in [3.05, 3.63) is 29.8 Å². The lowest BCUT2D eigenvalue weighted by molar-refractivity contribution is 0.177. The average molecular weight is 288 g/mol. The van der Waals surface area contributed by atoms with E-state index >= 15 is 0 Å². The molecular formula is C18H28N2O. The van der Waals surface area contributed by atoms with Crippen LogP contribution in [0.15, 0.2) is 24.3 Å². The van der Waals surface area contributed by atoms with Gasteiger partial charge in [-0.1, -0.05) is 25.1 Å². The third-order valence-corrected chi connectivity index (χ3v) is 4.87. The molecule has 2 unspecified atom stereocenters. The Morgan fingerprint density at radius 2 is 2.24 bits per heavy atom. The number of nitrogens with one attached hydrogen (secondary N) is 1. The second-order valence-electron chi connectivity index (χ2n) is 6.32. The molecule has 3 heteroatoms. The van der Waals surface area contributed by atoms with Crippen LogP contribution in [0.2, 0.25) is 0 Å². The number of rotatable bonds is 5. The Labute approximate surface area is 128 Å². The van der Waals surface area contributed by atoms with Gasteiger partial charge in [0.15, 0.2) is 0 Å². The maximum Gasteiger partial charge on any atom is 0.0510 e. The summed E-state index contributed by atoms with van der Waals surface area (Å²) >= 11 is 0. The van der Waals surface area contributed by atoms with Gasteiger partial charge in [-0.25, -0.2) is 0 Å². The molecule has 1 aromatic rings. The second kappa shape index (κ2) is 7.28. The van der Waals surface area contributed by atoms with Gasteiger partial charge in [-0.05, 0) is 43.9 Å². The molecule has 0 aliphatic carbocycles. The van der Waals surface area contributed by atoms with Crippen LogP contribution >= 0.6 is 0 Å². The van der Waals surface area contributed by atoms with Gasteiger partial charge in [0, 0.05) is 37.3 Å². The molecule has 2 aliphatic rings. The van der Waals surface area contributed by atoms with Gasteiger partial charge in [0.1, 0.15) is 0 Å². The summed E-state index contributed by atoms with van der Waals surface area (Å²) in [5.74, 6) is 0.667. The van der Waals surface area contributed by atoms with Crippen LogP contribution in [0.4, 0.5) is 5.69 Å². The topological polar surface area (TPSA) is 24.5 Å². The fraction of sp³-hybridized carbons (Fsp3) is 0.667. The van der Waals surface area contributed by atoms with E-state index < -0.39 is 0 Å². The van der Waals surface area contributed by atoms with Crippen LogP contribution in [0.3, 0.4) is 0 Å². The van der Waals surface area contributed by atoms with Gasteiger partial charge in [-0.15, -0.1) is 0 Å². The van der Waals surface area contributed by atoms with Crippen molar-refractivity contribution in [1.29, 1.82) is 0 Å². The third-order valence-electron chi connectivity index (χ3n) is 4.87. The highest BCUT2D eigenvalue weighted by molar-refractivity contribution is 5.54. The maximum atomic E-state index is 5.61. The van der Waals surface area contributed by atoms with E-state index in [1.54, 1.807) is 0 Å². The van der Waals surface area contributed by atoms with Crippen LogP contribution in [0.1, 0.15) is 31.7 Å². The van der Waals surface area contributed by atoms with E-state index in [9.17, 15) is 0 Å². The van der Waals surface area contributed by atoms with Crippen molar-refractivity contribution < 1.29 is 4.74 Å². The average Bonchev–Trinajstić information content (AvgIpc) is 2.97. The zero-order chi connectivity index (χ0) is 14.5. The van der Waals surface area contributed by atoms with E-state index in [2.05, 4.69) is 41.4 Å². The van der Waals surface area contributed by atoms with Gasteiger partial charge >= 0.3 is 0 Å². The molecule has 1 saturated heterocycles. The summed E-state index contributed by atoms with van der Waals surface area (Å²) in [6.45, 7) is 7.40. The minimum absolute atomic E-state index is 0.545. The quantitative estimate of drug-likeness (QED) is 0.901. The third kappa shape index (κ3) is 3.58. The number of benzene rings is 1. The first-order valence-electron chi connectivity index (χ1n) is 8.52. The lowest BCUT2D eigenvalue weighted by atomic mass is 9.98. The molecule has 2 atom stereocenters. The van der Waals surface area contributed by atoms with Gasteiger partial charge in [0.25, 0.3) is 0 Å². The van der Waals surface area contributed by atoms with Gasteiger partial charge in [0.05, 0.1) is 6.61 Å². The highest BCUT2D eigenvalue weighted by Gasteiger charge is 2.27. The zero-order valence-electron chi connectivity index (χ0n) is 13.2. The Balaban J connectivity index is 1.75. The molecule has 0 amide bonds. The van der Waals surface area contributed by atoms with Gasteiger partial charge < -0.3 is 15.0 Å². The molecular weight excluding hydrogens is 260 g/mol. The number of fused-ring (bicyclic) bond motifs is 1. The van der Waals surface area contributed by atoms with E-state index in [1.165, 1.54) is 43.5 Å². The first kappa shape index (κ1) is 14.9. The summed E-state index contributed by atoms with van der Waals surface area (Å²) in [6, 6.07) is 9.50. The number of anilines is 1. The number of likely N-dealkylation sites (N-methyl/N-ethyl adjacent to an activating group) is 1. The highest BCUT2D eigenvalue weighted by Crippen LogP contribution is 2.27. The molecule has 1 aromatic carbocycles.